The van der Waals surface area contributed by atoms with E-state index in [9.17, 15) is 39.0 Å². The van der Waals surface area contributed by atoms with E-state index < -0.39 is 91.6 Å². The van der Waals surface area contributed by atoms with Crippen LogP contribution >= 0.6 is 0 Å². The Morgan fingerprint density at radius 2 is 1.09 bits per heavy atom. The van der Waals surface area contributed by atoms with E-state index in [2.05, 4.69) is 16.0 Å². The first-order valence-corrected chi connectivity index (χ1v) is 10.7. The molecule has 0 saturated heterocycles. The summed E-state index contributed by atoms with van der Waals surface area (Å²) < 4.78 is 0. The molecule has 0 aromatic heterocycles. The second kappa shape index (κ2) is 14.8. The fourth-order valence-electron chi connectivity index (χ4n) is 2.80. The molecule has 0 aromatic rings. The summed E-state index contributed by atoms with van der Waals surface area (Å²) in [6.07, 6.45) is -3.06. The summed E-state index contributed by atoms with van der Waals surface area (Å²) in [5, 5.41) is 43.4. The SMILES string of the molecule is CC(C)CC(NC(=O)C(CCC(=O)O)NC(=O)C(CCC(=O)O)NC(=O)C(N)C(C)O)C(=O)O. The number of hydrogen-bond donors (Lipinski definition) is 8. The van der Waals surface area contributed by atoms with Gasteiger partial charge in [0.05, 0.1) is 6.10 Å². The Bertz CT molecular complexity index is 756. The summed E-state index contributed by atoms with van der Waals surface area (Å²) in [6, 6.07) is -5.66. The molecule has 0 radical (unpaired) electrons. The van der Waals surface area contributed by atoms with Gasteiger partial charge in [-0.05, 0) is 32.1 Å². The van der Waals surface area contributed by atoms with Gasteiger partial charge in [-0.3, -0.25) is 24.0 Å². The molecule has 14 heteroatoms. The number of aliphatic hydroxyl groups is 1. The summed E-state index contributed by atoms with van der Waals surface area (Å²) in [5.74, 6) is -6.87. The second-order valence-corrected chi connectivity index (χ2v) is 8.28. The van der Waals surface area contributed by atoms with Crippen LogP contribution in [0.25, 0.3) is 0 Å². The van der Waals surface area contributed by atoms with Crippen molar-refractivity contribution < 1.29 is 49.2 Å². The molecule has 0 fully saturated rings. The first-order chi connectivity index (χ1) is 15.6. The molecule has 0 bridgehead atoms. The number of carboxylic acid groups (broad SMARTS) is 3. The standard InChI is InChI=1S/C20H34N4O10/c1-9(2)8-13(20(33)34)24-18(31)11(4-6-14(26)27)22-17(30)12(5-7-15(28)29)23-19(32)16(21)10(3)25/h9-13,16,25H,4-8,21H2,1-3H3,(H,22,30)(H,23,32)(H,24,31)(H,26,27)(H,28,29)(H,33,34). The highest BCUT2D eigenvalue weighted by molar-refractivity contribution is 5.94. The minimum Gasteiger partial charge on any atom is -0.481 e. The molecule has 0 spiro atoms. The summed E-state index contributed by atoms with van der Waals surface area (Å²) in [4.78, 5) is 71.0. The van der Waals surface area contributed by atoms with Gasteiger partial charge in [-0.15, -0.1) is 0 Å². The molecule has 194 valence electrons. The van der Waals surface area contributed by atoms with Crippen LogP contribution < -0.4 is 21.7 Å². The van der Waals surface area contributed by atoms with Gasteiger partial charge in [0.25, 0.3) is 0 Å². The molecule has 0 aliphatic rings. The Morgan fingerprint density at radius 3 is 1.41 bits per heavy atom. The van der Waals surface area contributed by atoms with Gasteiger partial charge in [-0.25, -0.2) is 4.79 Å². The van der Waals surface area contributed by atoms with Crippen molar-refractivity contribution in [2.24, 2.45) is 11.7 Å². The van der Waals surface area contributed by atoms with Crippen LogP contribution in [0.4, 0.5) is 0 Å². The van der Waals surface area contributed by atoms with E-state index in [1.165, 1.54) is 6.92 Å². The maximum absolute atomic E-state index is 12.8. The molecule has 0 aliphatic carbocycles. The molecular formula is C20H34N4O10. The Morgan fingerprint density at radius 1 is 0.706 bits per heavy atom. The van der Waals surface area contributed by atoms with Gasteiger partial charge in [0.15, 0.2) is 0 Å². The molecule has 34 heavy (non-hydrogen) atoms. The lowest BCUT2D eigenvalue weighted by Crippen LogP contribution is -2.58. The number of nitrogens with one attached hydrogen (secondary N) is 3. The van der Waals surface area contributed by atoms with E-state index in [0.717, 1.165) is 0 Å². The zero-order chi connectivity index (χ0) is 26.6. The number of aliphatic hydroxyl groups excluding tert-OH is 1. The van der Waals surface area contributed by atoms with Crippen molar-refractivity contribution in [3.63, 3.8) is 0 Å². The van der Waals surface area contributed by atoms with E-state index in [0.29, 0.717) is 0 Å². The topological polar surface area (TPSA) is 245 Å². The highest BCUT2D eigenvalue weighted by Gasteiger charge is 2.31. The molecule has 14 nitrogen and oxygen atoms in total. The number of amides is 3. The molecule has 0 saturated carbocycles. The molecule has 0 rings (SSSR count). The predicted octanol–water partition coefficient (Wildman–Crippen LogP) is -1.99. The fraction of sp³-hybridized carbons (Fsp3) is 0.700. The number of aliphatic carboxylic acids is 3. The summed E-state index contributed by atoms with van der Waals surface area (Å²) in [7, 11) is 0. The summed E-state index contributed by atoms with van der Waals surface area (Å²) in [6.45, 7) is 4.71. The molecule has 0 heterocycles. The minimum absolute atomic E-state index is 0.0786. The van der Waals surface area contributed by atoms with Crippen molar-refractivity contribution in [2.45, 2.75) is 83.1 Å². The van der Waals surface area contributed by atoms with E-state index in [1.54, 1.807) is 13.8 Å². The van der Waals surface area contributed by atoms with Crippen molar-refractivity contribution >= 4 is 35.6 Å². The van der Waals surface area contributed by atoms with E-state index >= 15 is 0 Å². The number of carboxylic acids is 3. The lowest BCUT2D eigenvalue weighted by Gasteiger charge is -2.25. The largest absolute Gasteiger partial charge is 0.481 e. The van der Waals surface area contributed by atoms with Crippen LogP contribution in [0.2, 0.25) is 0 Å². The number of carbonyl (C=O) groups is 6. The number of rotatable bonds is 16. The van der Waals surface area contributed by atoms with Crippen molar-refractivity contribution in [2.75, 3.05) is 0 Å². The first-order valence-electron chi connectivity index (χ1n) is 10.7. The van der Waals surface area contributed by atoms with Crippen molar-refractivity contribution in [1.29, 1.82) is 0 Å². The van der Waals surface area contributed by atoms with Crippen molar-refractivity contribution in [3.8, 4) is 0 Å². The van der Waals surface area contributed by atoms with E-state index in [-0.39, 0.29) is 12.3 Å². The van der Waals surface area contributed by atoms with E-state index in [1.807, 2.05) is 0 Å². The van der Waals surface area contributed by atoms with Crippen LogP contribution in [0.5, 0.6) is 0 Å². The van der Waals surface area contributed by atoms with Gasteiger partial charge in [-0.1, -0.05) is 13.8 Å². The quantitative estimate of drug-likeness (QED) is 0.118. The lowest BCUT2D eigenvalue weighted by molar-refractivity contribution is -0.143. The van der Waals surface area contributed by atoms with Gasteiger partial charge in [-0.2, -0.15) is 0 Å². The molecule has 0 aliphatic heterocycles. The third-order valence-corrected chi connectivity index (χ3v) is 4.70. The second-order valence-electron chi connectivity index (χ2n) is 8.28. The lowest BCUT2D eigenvalue weighted by atomic mass is 10.0. The Balaban J connectivity index is 5.64. The molecule has 5 unspecified atom stereocenters. The average Bonchev–Trinajstić information content (AvgIpc) is 2.71. The average molecular weight is 491 g/mol. The number of hydrogen-bond acceptors (Lipinski definition) is 8. The van der Waals surface area contributed by atoms with Crippen LogP contribution in [-0.4, -0.2) is 86.3 Å². The van der Waals surface area contributed by atoms with Crippen LogP contribution in [-0.2, 0) is 28.8 Å². The van der Waals surface area contributed by atoms with Gasteiger partial charge >= 0.3 is 17.9 Å². The van der Waals surface area contributed by atoms with Crippen LogP contribution in [0.15, 0.2) is 0 Å². The Hall–Kier alpha value is -3.26. The zero-order valence-electron chi connectivity index (χ0n) is 19.3. The third-order valence-electron chi connectivity index (χ3n) is 4.70. The van der Waals surface area contributed by atoms with Crippen LogP contribution in [0.3, 0.4) is 0 Å². The van der Waals surface area contributed by atoms with Gasteiger partial charge in [0.2, 0.25) is 17.7 Å². The van der Waals surface area contributed by atoms with Crippen LogP contribution in [0.1, 0.15) is 52.9 Å². The maximum Gasteiger partial charge on any atom is 0.326 e. The summed E-state index contributed by atoms with van der Waals surface area (Å²) >= 11 is 0. The first kappa shape index (κ1) is 30.7. The van der Waals surface area contributed by atoms with Gasteiger partial charge in [0, 0.05) is 12.8 Å². The van der Waals surface area contributed by atoms with Gasteiger partial charge in [0.1, 0.15) is 24.2 Å². The zero-order valence-corrected chi connectivity index (χ0v) is 19.3. The monoisotopic (exact) mass is 490 g/mol. The van der Waals surface area contributed by atoms with Crippen molar-refractivity contribution in [1.82, 2.24) is 16.0 Å². The maximum atomic E-state index is 12.8. The minimum atomic E-state index is -1.48. The highest BCUT2D eigenvalue weighted by Crippen LogP contribution is 2.08. The smallest absolute Gasteiger partial charge is 0.326 e. The molecule has 0 aromatic carbocycles. The van der Waals surface area contributed by atoms with Crippen LogP contribution in [0, 0.1) is 5.92 Å². The normalized spacial score (nSPS) is 15.4. The fourth-order valence-corrected chi connectivity index (χ4v) is 2.80. The van der Waals surface area contributed by atoms with E-state index in [4.69, 9.17) is 15.9 Å². The van der Waals surface area contributed by atoms with Crippen molar-refractivity contribution in [3.05, 3.63) is 0 Å². The number of nitrogens with two attached hydrogens (primary N) is 1. The van der Waals surface area contributed by atoms with Gasteiger partial charge < -0.3 is 42.1 Å². The molecule has 3 amide bonds. The molecule has 9 N–H and O–H groups in total. The molecular weight excluding hydrogens is 456 g/mol. The highest BCUT2D eigenvalue weighted by atomic mass is 16.4. The third kappa shape index (κ3) is 12.1. The Labute approximate surface area is 196 Å². The number of carbonyl (C=O) groups excluding carboxylic acids is 3. The molecule has 5 atom stereocenters. The predicted molar refractivity (Wildman–Crippen MR) is 116 cm³/mol. The summed E-state index contributed by atoms with van der Waals surface area (Å²) in [5.41, 5.74) is 5.52. The Kier molecular flexibility index (Phi) is 13.4.